The predicted octanol–water partition coefficient (Wildman–Crippen LogP) is 3.52. The monoisotopic (exact) mass is 404 g/mol. The number of nitrogens with zero attached hydrogens (tertiary/aromatic N) is 6. The smallest absolute Gasteiger partial charge is 0.273 e. The summed E-state index contributed by atoms with van der Waals surface area (Å²) in [6.07, 6.45) is 5.10. The van der Waals surface area contributed by atoms with Gasteiger partial charge in [0.25, 0.3) is 5.91 Å². The fourth-order valence-corrected chi connectivity index (χ4v) is 3.53. The second-order valence-corrected chi connectivity index (χ2v) is 7.89. The molecule has 1 amide bonds. The van der Waals surface area contributed by atoms with E-state index in [1.807, 2.05) is 48.1 Å². The Morgan fingerprint density at radius 1 is 1.10 bits per heavy atom. The first-order valence-corrected chi connectivity index (χ1v) is 9.96. The fourth-order valence-electron chi connectivity index (χ4n) is 2.93. The quantitative estimate of drug-likeness (QED) is 0.509. The Morgan fingerprint density at radius 2 is 1.90 bits per heavy atom. The molecule has 0 N–H and O–H groups in total. The van der Waals surface area contributed by atoms with Crippen LogP contribution in [0.25, 0.3) is 22.5 Å². The molecule has 146 valence electrons. The van der Waals surface area contributed by atoms with Crippen LogP contribution < -0.4 is 0 Å². The average Bonchev–Trinajstić information content (AvgIpc) is 3.37. The Balaban J connectivity index is 1.60. The average molecular weight is 404 g/mol. The van der Waals surface area contributed by atoms with Crippen molar-refractivity contribution in [2.45, 2.75) is 13.5 Å². The Bertz CT molecular complexity index is 1160. The minimum Gasteiger partial charge on any atom is -0.343 e. The normalized spacial score (nSPS) is 10.9. The number of aryl methyl sites for hydroxylation is 1. The Kier molecular flexibility index (Phi) is 5.18. The van der Waals surface area contributed by atoms with Gasteiger partial charge >= 0.3 is 0 Å². The second kappa shape index (κ2) is 7.92. The molecule has 0 spiro atoms. The lowest BCUT2D eigenvalue weighted by molar-refractivity contribution is 0.0821. The van der Waals surface area contributed by atoms with Gasteiger partial charge < -0.3 is 4.90 Å². The third kappa shape index (κ3) is 4.22. The van der Waals surface area contributed by atoms with Crippen LogP contribution in [0.2, 0.25) is 0 Å². The molecule has 8 heteroatoms. The van der Waals surface area contributed by atoms with Crippen molar-refractivity contribution < 1.29 is 4.79 Å². The van der Waals surface area contributed by atoms with Crippen LogP contribution in [0, 0.1) is 6.92 Å². The van der Waals surface area contributed by atoms with E-state index >= 15 is 0 Å². The molecule has 4 aromatic rings. The minimum absolute atomic E-state index is 0.175. The number of carbonyl (C=O) groups excluding carboxylic acids is 1. The van der Waals surface area contributed by atoms with Crippen LogP contribution in [-0.2, 0) is 6.54 Å². The molecule has 0 saturated heterocycles. The van der Waals surface area contributed by atoms with Crippen molar-refractivity contribution in [1.29, 1.82) is 0 Å². The molecule has 0 fully saturated rings. The summed E-state index contributed by atoms with van der Waals surface area (Å²) in [7, 11) is 3.39. The Hall–Kier alpha value is -3.39. The topological polar surface area (TPSA) is 76.8 Å². The molecule has 0 unspecified atom stereocenters. The van der Waals surface area contributed by atoms with Gasteiger partial charge in [-0.15, -0.1) is 11.3 Å². The highest BCUT2D eigenvalue weighted by Crippen LogP contribution is 2.24. The van der Waals surface area contributed by atoms with E-state index in [-0.39, 0.29) is 5.91 Å². The SMILES string of the molecule is Cc1nc(Cn2ccc(-c3cccc(-c4cncc(C(=O)N(C)C)n4)c3)n2)cs1. The van der Waals surface area contributed by atoms with E-state index in [0.29, 0.717) is 17.9 Å². The zero-order valence-electron chi connectivity index (χ0n) is 16.4. The standard InChI is InChI=1S/C21H20N6OS/c1-14-23-17(13-29-14)12-27-8-7-18(25-27)15-5-4-6-16(9-15)19-10-22-11-20(24-19)21(28)26(2)3/h4-11,13H,12H2,1-3H3. The highest BCUT2D eigenvalue weighted by atomic mass is 32.1. The molecule has 0 aliphatic heterocycles. The van der Waals surface area contributed by atoms with Crippen LogP contribution in [0.5, 0.6) is 0 Å². The van der Waals surface area contributed by atoms with E-state index in [1.54, 1.807) is 31.6 Å². The van der Waals surface area contributed by atoms with E-state index in [9.17, 15) is 4.79 Å². The number of carbonyl (C=O) groups is 1. The third-order valence-electron chi connectivity index (χ3n) is 4.35. The van der Waals surface area contributed by atoms with Gasteiger partial charge in [-0.2, -0.15) is 5.10 Å². The van der Waals surface area contributed by atoms with Gasteiger partial charge in [-0.25, -0.2) is 9.97 Å². The van der Waals surface area contributed by atoms with Gasteiger partial charge in [-0.05, 0) is 19.1 Å². The van der Waals surface area contributed by atoms with Crippen molar-refractivity contribution in [3.8, 4) is 22.5 Å². The minimum atomic E-state index is -0.175. The van der Waals surface area contributed by atoms with Gasteiger partial charge in [-0.1, -0.05) is 18.2 Å². The van der Waals surface area contributed by atoms with E-state index < -0.39 is 0 Å². The van der Waals surface area contributed by atoms with Gasteiger partial charge in [0.2, 0.25) is 0 Å². The molecule has 0 aliphatic carbocycles. The predicted molar refractivity (Wildman–Crippen MR) is 113 cm³/mol. The fraction of sp³-hybridized carbons (Fsp3) is 0.190. The number of hydrogen-bond acceptors (Lipinski definition) is 6. The first-order chi connectivity index (χ1) is 14.0. The molecular weight excluding hydrogens is 384 g/mol. The lowest BCUT2D eigenvalue weighted by atomic mass is 10.1. The van der Waals surface area contributed by atoms with Gasteiger partial charge in [0.15, 0.2) is 0 Å². The molecular formula is C21H20N6OS. The summed E-state index contributed by atoms with van der Waals surface area (Å²) in [4.78, 5) is 26.8. The third-order valence-corrected chi connectivity index (χ3v) is 5.17. The van der Waals surface area contributed by atoms with Crippen molar-refractivity contribution in [3.05, 3.63) is 70.7 Å². The summed E-state index contributed by atoms with van der Waals surface area (Å²) in [6, 6.07) is 9.90. The summed E-state index contributed by atoms with van der Waals surface area (Å²) in [6.45, 7) is 2.64. The van der Waals surface area contributed by atoms with E-state index in [2.05, 4.69) is 25.4 Å². The van der Waals surface area contributed by atoms with Crippen LogP contribution in [-0.4, -0.2) is 49.6 Å². The van der Waals surface area contributed by atoms with Crippen LogP contribution in [0.4, 0.5) is 0 Å². The maximum atomic E-state index is 12.2. The van der Waals surface area contributed by atoms with Gasteiger partial charge in [0.1, 0.15) is 5.69 Å². The van der Waals surface area contributed by atoms with Crippen LogP contribution in [0.1, 0.15) is 21.2 Å². The number of thiazole rings is 1. The lowest BCUT2D eigenvalue weighted by Gasteiger charge is -2.10. The number of amides is 1. The molecule has 0 radical (unpaired) electrons. The summed E-state index contributed by atoms with van der Waals surface area (Å²) >= 11 is 1.64. The highest BCUT2D eigenvalue weighted by molar-refractivity contribution is 7.09. The van der Waals surface area contributed by atoms with Crippen LogP contribution in [0.3, 0.4) is 0 Å². The molecule has 3 heterocycles. The van der Waals surface area contributed by atoms with Gasteiger partial charge in [0, 0.05) is 36.8 Å². The number of rotatable bonds is 5. The van der Waals surface area contributed by atoms with Crippen LogP contribution in [0.15, 0.2) is 54.3 Å². The first-order valence-electron chi connectivity index (χ1n) is 9.08. The van der Waals surface area contributed by atoms with Gasteiger partial charge in [-0.3, -0.25) is 14.5 Å². The largest absolute Gasteiger partial charge is 0.343 e. The van der Waals surface area contributed by atoms with E-state index in [4.69, 9.17) is 0 Å². The molecule has 1 aromatic carbocycles. The lowest BCUT2D eigenvalue weighted by Crippen LogP contribution is -2.23. The summed E-state index contributed by atoms with van der Waals surface area (Å²) in [5, 5.41) is 7.78. The van der Waals surface area contributed by atoms with Crippen molar-refractivity contribution in [3.63, 3.8) is 0 Å². The van der Waals surface area contributed by atoms with Crippen molar-refractivity contribution in [1.82, 2.24) is 29.6 Å². The molecule has 0 bridgehead atoms. The number of aromatic nitrogens is 5. The highest BCUT2D eigenvalue weighted by Gasteiger charge is 2.12. The maximum absolute atomic E-state index is 12.2. The summed E-state index contributed by atoms with van der Waals surface area (Å²) in [5.74, 6) is -0.175. The molecule has 0 saturated carbocycles. The number of hydrogen-bond donors (Lipinski definition) is 0. The summed E-state index contributed by atoms with van der Waals surface area (Å²) in [5.41, 5.74) is 4.70. The van der Waals surface area contributed by atoms with Crippen molar-refractivity contribution >= 4 is 17.2 Å². The zero-order valence-corrected chi connectivity index (χ0v) is 17.2. The number of benzene rings is 1. The van der Waals surface area contributed by atoms with Crippen molar-refractivity contribution in [2.75, 3.05) is 14.1 Å². The Labute approximate surface area is 172 Å². The second-order valence-electron chi connectivity index (χ2n) is 6.83. The van der Waals surface area contributed by atoms with E-state index in [1.165, 1.54) is 11.1 Å². The first kappa shape index (κ1) is 18.9. The molecule has 4 rings (SSSR count). The van der Waals surface area contributed by atoms with Crippen molar-refractivity contribution in [2.24, 2.45) is 0 Å². The molecule has 3 aromatic heterocycles. The van der Waals surface area contributed by atoms with Crippen LogP contribution >= 0.6 is 11.3 Å². The molecule has 0 atom stereocenters. The van der Waals surface area contributed by atoms with E-state index in [0.717, 1.165) is 27.5 Å². The Morgan fingerprint density at radius 3 is 2.62 bits per heavy atom. The maximum Gasteiger partial charge on any atom is 0.273 e. The summed E-state index contributed by atoms with van der Waals surface area (Å²) < 4.78 is 1.88. The molecule has 7 nitrogen and oxygen atoms in total. The van der Waals surface area contributed by atoms with Gasteiger partial charge in [0.05, 0.1) is 41.0 Å². The molecule has 29 heavy (non-hydrogen) atoms. The zero-order chi connectivity index (χ0) is 20.4. The molecule has 0 aliphatic rings.